The molecule has 2 unspecified atom stereocenters. The van der Waals surface area contributed by atoms with Crippen molar-refractivity contribution in [2.45, 2.75) is 18.1 Å². The van der Waals surface area contributed by atoms with Gasteiger partial charge >= 0.3 is 13.7 Å². The minimum atomic E-state index is -5.13. The summed E-state index contributed by atoms with van der Waals surface area (Å²) in [6.07, 6.45) is -1.47. The first-order chi connectivity index (χ1) is 15.4. The number of hydrogen-bond acceptors (Lipinski definition) is 8. The maximum Gasteiger partial charge on any atom is 0.414 e. The number of ether oxygens (including phenoxy) is 3. The summed E-state index contributed by atoms with van der Waals surface area (Å²) >= 11 is 4.84. The van der Waals surface area contributed by atoms with Gasteiger partial charge in [-0.3, -0.25) is 14.0 Å². The Kier molecular flexibility index (Phi) is 8.00. The number of nitrogens with one attached hydrogen (secondary N) is 1. The van der Waals surface area contributed by atoms with Gasteiger partial charge in [0.15, 0.2) is 0 Å². The number of morpholine rings is 1. The van der Waals surface area contributed by atoms with Crippen molar-refractivity contribution in [3.8, 4) is 0 Å². The third kappa shape index (κ3) is 5.83. The number of rotatable bonds is 7. The van der Waals surface area contributed by atoms with E-state index in [0.29, 0.717) is 37.7 Å². The summed E-state index contributed by atoms with van der Waals surface area (Å²) in [6, 6.07) is 4.42. The Balaban J connectivity index is 1.59. The van der Waals surface area contributed by atoms with Gasteiger partial charge in [-0.25, -0.2) is 9.18 Å². The summed E-state index contributed by atoms with van der Waals surface area (Å²) in [5.74, 6) is -0.491. The molecule has 1 aromatic carbocycles. The quantitative estimate of drug-likeness (QED) is 0.297. The second-order valence-corrected chi connectivity index (χ2v) is 11.8. The Bertz CT molecular complexity index is 990. The number of benzene rings is 1. The predicted molar refractivity (Wildman–Crippen MR) is 120 cm³/mol. The molecule has 184 valence electrons. The Morgan fingerprint density at radius 3 is 2.67 bits per heavy atom. The molecule has 16 heteroatoms. The van der Waals surface area contributed by atoms with Crippen LogP contribution in [0.5, 0.6) is 0 Å². The Morgan fingerprint density at radius 2 is 2.09 bits per heavy atom. The van der Waals surface area contributed by atoms with Gasteiger partial charge < -0.3 is 39.1 Å². The summed E-state index contributed by atoms with van der Waals surface area (Å²) in [7, 11) is -8.96. The van der Waals surface area contributed by atoms with E-state index in [1.165, 1.54) is 11.0 Å². The van der Waals surface area contributed by atoms with Crippen molar-refractivity contribution >= 4 is 50.5 Å². The second-order valence-electron chi connectivity index (χ2n) is 7.45. The molecule has 2 saturated heterocycles. The van der Waals surface area contributed by atoms with Gasteiger partial charge in [0.1, 0.15) is 11.9 Å². The van der Waals surface area contributed by atoms with Crippen molar-refractivity contribution in [3.63, 3.8) is 0 Å². The van der Waals surface area contributed by atoms with Crippen LogP contribution in [-0.4, -0.2) is 76.5 Å². The molecule has 33 heavy (non-hydrogen) atoms. The van der Waals surface area contributed by atoms with Crippen LogP contribution < -0.4 is 15.1 Å². The lowest BCUT2D eigenvalue weighted by Crippen LogP contribution is -2.39. The molecule has 0 aliphatic carbocycles. The Labute approximate surface area is 194 Å². The number of amides is 1. The minimum Gasteiger partial charge on any atom is -0.442 e. The van der Waals surface area contributed by atoms with E-state index in [0.717, 1.165) is 6.92 Å². The third-order valence-electron chi connectivity index (χ3n) is 5.19. The van der Waals surface area contributed by atoms with E-state index in [1.807, 2.05) is 4.90 Å². The predicted octanol–water partition coefficient (Wildman–Crippen LogP) is 1.20. The summed E-state index contributed by atoms with van der Waals surface area (Å²) in [4.78, 5) is 43.2. The highest BCUT2D eigenvalue weighted by Crippen LogP contribution is 2.62. The Hall–Kier alpha value is -1.79. The largest absolute Gasteiger partial charge is 0.442 e. The van der Waals surface area contributed by atoms with Crippen molar-refractivity contribution in [2.75, 3.05) is 49.2 Å². The standard InChI is InChI=1S/C17H24FN3O9P2S/c1-17(31(23)24,32(25,26)27)30-15(33)19-9-12-10-21(16(22)29-12)11-2-3-14(13(18)8-11)20-4-6-28-7-5-20/h2-3,8,12,31H,4-7,9-10H2,1H3,(H,19,33)(H,23,24)(H2,25,26,27)/t12-,17?/m0/s1. The van der Waals surface area contributed by atoms with E-state index < -0.39 is 43.9 Å². The van der Waals surface area contributed by atoms with Gasteiger partial charge in [-0.1, -0.05) is 0 Å². The molecule has 2 heterocycles. The summed E-state index contributed by atoms with van der Waals surface area (Å²) < 4.78 is 53.0. The number of carbonyl (C=O) groups is 1. The molecule has 1 amide bonds. The van der Waals surface area contributed by atoms with Crippen LogP contribution in [0.15, 0.2) is 18.2 Å². The third-order valence-corrected chi connectivity index (χ3v) is 8.96. The molecule has 1 aromatic rings. The average molecular weight is 527 g/mol. The molecule has 0 radical (unpaired) electrons. The molecule has 2 fully saturated rings. The normalized spacial score (nSPS) is 21.8. The number of carbonyl (C=O) groups excluding carboxylic acids is 1. The molecule has 0 saturated carbocycles. The van der Waals surface area contributed by atoms with E-state index in [9.17, 15) is 33.0 Å². The van der Waals surface area contributed by atoms with Crippen LogP contribution >= 0.6 is 27.8 Å². The van der Waals surface area contributed by atoms with E-state index in [2.05, 4.69) is 5.32 Å². The first-order valence-corrected chi connectivity index (χ1v) is 13.2. The number of cyclic esters (lactones) is 1. The lowest BCUT2D eigenvalue weighted by Gasteiger charge is -2.29. The molecule has 0 spiro atoms. The minimum absolute atomic E-state index is 0.0388. The van der Waals surface area contributed by atoms with Gasteiger partial charge in [-0.15, -0.1) is 0 Å². The SMILES string of the molecule is CC(OC(=S)NC[C@H]1CN(c2ccc(N3CCOCC3)c(F)c2)C(=O)O1)([PH](=O)O)P(=O)(O)O. The van der Waals surface area contributed by atoms with Crippen molar-refractivity contribution in [3.05, 3.63) is 24.0 Å². The summed E-state index contributed by atoms with van der Waals surface area (Å²) in [5, 5.41) is -0.748. The molecule has 3 rings (SSSR count). The summed E-state index contributed by atoms with van der Waals surface area (Å²) in [5.41, 5.74) is 0.704. The lowest BCUT2D eigenvalue weighted by molar-refractivity contribution is 0.122. The fraction of sp³-hybridized carbons (Fsp3) is 0.529. The molecular formula is C17H24FN3O9P2S. The van der Waals surface area contributed by atoms with Crippen molar-refractivity contribution < 1.29 is 47.2 Å². The van der Waals surface area contributed by atoms with Crippen molar-refractivity contribution in [1.29, 1.82) is 0 Å². The zero-order chi connectivity index (χ0) is 24.4. The highest BCUT2D eigenvalue weighted by atomic mass is 32.1. The second kappa shape index (κ2) is 10.2. The van der Waals surface area contributed by atoms with Crippen LogP contribution in [0.25, 0.3) is 0 Å². The zero-order valence-corrected chi connectivity index (χ0v) is 20.2. The van der Waals surface area contributed by atoms with Gasteiger partial charge in [0.2, 0.25) is 8.03 Å². The van der Waals surface area contributed by atoms with E-state index in [-0.39, 0.29) is 13.1 Å². The van der Waals surface area contributed by atoms with Crippen LogP contribution in [0, 0.1) is 5.82 Å². The molecule has 12 nitrogen and oxygen atoms in total. The maximum atomic E-state index is 14.7. The van der Waals surface area contributed by atoms with Crippen LogP contribution in [0.4, 0.5) is 20.6 Å². The zero-order valence-electron chi connectivity index (χ0n) is 17.5. The summed E-state index contributed by atoms with van der Waals surface area (Å²) in [6.45, 7) is 2.82. The van der Waals surface area contributed by atoms with Crippen LogP contribution in [0.3, 0.4) is 0 Å². The fourth-order valence-electron chi connectivity index (χ4n) is 3.20. The fourth-order valence-corrected chi connectivity index (χ4v) is 4.99. The lowest BCUT2D eigenvalue weighted by atomic mass is 10.2. The van der Waals surface area contributed by atoms with Gasteiger partial charge in [0, 0.05) is 13.1 Å². The number of thiocarbonyl (C=S) groups is 1. The molecule has 2 aliphatic heterocycles. The first kappa shape index (κ1) is 25.8. The molecule has 0 bridgehead atoms. The topological polar surface area (TPSA) is 158 Å². The van der Waals surface area contributed by atoms with Gasteiger partial charge in [0.25, 0.3) is 10.3 Å². The van der Waals surface area contributed by atoms with E-state index >= 15 is 0 Å². The number of nitrogens with zero attached hydrogens (tertiary/aromatic N) is 2. The van der Waals surface area contributed by atoms with Crippen LogP contribution in [0.2, 0.25) is 0 Å². The average Bonchev–Trinajstić information content (AvgIpc) is 3.12. The highest BCUT2D eigenvalue weighted by molar-refractivity contribution is 7.80. The van der Waals surface area contributed by atoms with Crippen LogP contribution in [-0.2, 0) is 23.3 Å². The van der Waals surface area contributed by atoms with E-state index in [1.54, 1.807) is 12.1 Å². The molecule has 0 aromatic heterocycles. The maximum absolute atomic E-state index is 14.7. The molecule has 2 aliphatic rings. The number of hydrogen-bond donors (Lipinski definition) is 4. The van der Waals surface area contributed by atoms with Crippen molar-refractivity contribution in [2.24, 2.45) is 0 Å². The van der Waals surface area contributed by atoms with Crippen LogP contribution in [0.1, 0.15) is 6.92 Å². The van der Waals surface area contributed by atoms with E-state index in [4.69, 9.17) is 26.4 Å². The van der Waals surface area contributed by atoms with Gasteiger partial charge in [0.05, 0.1) is 37.7 Å². The van der Waals surface area contributed by atoms with Gasteiger partial charge in [-0.2, -0.15) is 0 Å². The molecule has 4 N–H and O–H groups in total. The smallest absolute Gasteiger partial charge is 0.414 e. The van der Waals surface area contributed by atoms with Gasteiger partial charge in [-0.05, 0) is 37.3 Å². The molecular weight excluding hydrogens is 503 g/mol. The van der Waals surface area contributed by atoms with Crippen molar-refractivity contribution in [1.82, 2.24) is 5.32 Å². The Morgan fingerprint density at radius 1 is 1.42 bits per heavy atom. The highest BCUT2D eigenvalue weighted by Gasteiger charge is 2.51. The molecule has 3 atom stereocenters. The first-order valence-electron chi connectivity index (χ1n) is 9.78. The number of halogens is 1. The monoisotopic (exact) mass is 527 g/mol. The number of anilines is 2.